The van der Waals surface area contributed by atoms with Crippen LogP contribution >= 0.6 is 0 Å². The maximum atomic E-state index is 9.85. The Labute approximate surface area is 193 Å². The molecule has 7 atom stereocenters. The van der Waals surface area contributed by atoms with E-state index >= 15 is 0 Å². The van der Waals surface area contributed by atoms with Gasteiger partial charge in [0.25, 0.3) is 0 Å². The Morgan fingerprint density at radius 2 is 1.77 bits per heavy atom. The van der Waals surface area contributed by atoms with Crippen molar-refractivity contribution in [3.05, 3.63) is 23.3 Å². The van der Waals surface area contributed by atoms with Crippen molar-refractivity contribution in [1.82, 2.24) is 0 Å². The quantitative estimate of drug-likeness (QED) is 0.455. The first kappa shape index (κ1) is 23.8. The lowest BCUT2D eigenvalue weighted by Gasteiger charge is -2.55. The van der Waals surface area contributed by atoms with E-state index in [0.29, 0.717) is 35.4 Å². The molecule has 4 aliphatic carbocycles. The summed E-state index contributed by atoms with van der Waals surface area (Å²) in [4.78, 5) is 0. The van der Waals surface area contributed by atoms with Gasteiger partial charge < -0.3 is 9.53 Å². The third kappa shape index (κ3) is 3.75. The summed E-state index contributed by atoms with van der Waals surface area (Å²) in [6, 6.07) is 0. The molecule has 0 bridgehead atoms. The molecule has 3 saturated carbocycles. The van der Waals surface area contributed by atoms with Gasteiger partial charge in [-0.3, -0.25) is 0 Å². The molecule has 0 spiro atoms. The average Bonchev–Trinajstić information content (AvgIpc) is 3.04. The predicted molar refractivity (Wildman–Crippen MR) is 133 cm³/mol. The molecule has 2 nitrogen and oxygen atoms in total. The first-order valence-corrected chi connectivity index (χ1v) is 15.9. The van der Waals surface area contributed by atoms with Gasteiger partial charge in [-0.2, -0.15) is 0 Å². The van der Waals surface area contributed by atoms with Crippen LogP contribution < -0.4 is 0 Å². The van der Waals surface area contributed by atoms with Crippen molar-refractivity contribution < 1.29 is 9.53 Å². The Morgan fingerprint density at radius 1 is 1.06 bits per heavy atom. The molecule has 0 heterocycles. The molecular formula is C28H48O2Si. The van der Waals surface area contributed by atoms with Crippen LogP contribution in [0.4, 0.5) is 0 Å². The highest BCUT2D eigenvalue weighted by Gasteiger charge is 2.57. The Balaban J connectivity index is 1.57. The summed E-state index contributed by atoms with van der Waals surface area (Å²) >= 11 is 0. The van der Waals surface area contributed by atoms with Crippen LogP contribution in [0.1, 0.15) is 86.5 Å². The van der Waals surface area contributed by atoms with Gasteiger partial charge in [0, 0.05) is 12.7 Å². The number of aliphatic hydroxyl groups is 1. The maximum absolute atomic E-state index is 9.85. The van der Waals surface area contributed by atoms with Gasteiger partial charge in [0.2, 0.25) is 0 Å². The minimum Gasteiger partial charge on any atom is -0.414 e. The van der Waals surface area contributed by atoms with Crippen LogP contribution in [-0.4, -0.2) is 26.1 Å². The maximum Gasteiger partial charge on any atom is 0.192 e. The van der Waals surface area contributed by atoms with E-state index in [-0.39, 0.29) is 5.04 Å². The van der Waals surface area contributed by atoms with Gasteiger partial charge in [0.1, 0.15) is 0 Å². The fourth-order valence-corrected chi connectivity index (χ4v) is 9.15. The molecule has 176 valence electrons. The van der Waals surface area contributed by atoms with Crippen LogP contribution in [0.3, 0.4) is 0 Å². The number of aliphatic hydroxyl groups excluding tert-OH is 1. The zero-order chi connectivity index (χ0) is 22.8. The number of hydrogen-bond acceptors (Lipinski definition) is 2. The zero-order valence-electron chi connectivity index (χ0n) is 21.6. The number of allylic oxidation sites excluding steroid dienone is 3. The minimum absolute atomic E-state index is 0.278. The number of hydrogen-bond donors (Lipinski definition) is 1. The van der Waals surface area contributed by atoms with Crippen LogP contribution in [-0.2, 0) is 4.43 Å². The standard InChI is InChI=1S/C28H48O2Si/c1-19(18-29)23-11-12-24-22-10-9-20-17-21(30-31(7,8)26(2,3)4)13-15-27(20,5)25(22)14-16-28(23,24)6/h9-10,19,21,23-25,29H,11-18H2,1-8H3/t19-,21+,23-,24+,25?,27+,28-/m1/s1. The number of fused-ring (bicyclic) bond motifs is 5. The van der Waals surface area contributed by atoms with Gasteiger partial charge in [-0.25, -0.2) is 0 Å². The van der Waals surface area contributed by atoms with Crippen LogP contribution in [0.2, 0.25) is 18.1 Å². The Morgan fingerprint density at radius 3 is 2.42 bits per heavy atom. The summed E-state index contributed by atoms with van der Waals surface area (Å²) in [6.07, 6.45) is 14.4. The van der Waals surface area contributed by atoms with Crippen molar-refractivity contribution in [3.8, 4) is 0 Å². The lowest BCUT2D eigenvalue weighted by atomic mass is 9.50. The van der Waals surface area contributed by atoms with E-state index in [2.05, 4.69) is 66.8 Å². The molecule has 0 amide bonds. The second kappa shape index (κ2) is 7.84. The van der Waals surface area contributed by atoms with E-state index in [1.807, 2.05) is 0 Å². The minimum atomic E-state index is -1.72. The molecule has 3 heteroatoms. The monoisotopic (exact) mass is 444 g/mol. The van der Waals surface area contributed by atoms with E-state index in [1.54, 1.807) is 11.1 Å². The highest BCUT2D eigenvalue weighted by atomic mass is 28.4. The van der Waals surface area contributed by atoms with Crippen molar-refractivity contribution in [2.24, 2.45) is 34.5 Å². The van der Waals surface area contributed by atoms with Crippen LogP contribution in [0.25, 0.3) is 0 Å². The predicted octanol–water partition coefficient (Wildman–Crippen LogP) is 7.50. The van der Waals surface area contributed by atoms with Crippen molar-refractivity contribution >= 4 is 8.32 Å². The first-order chi connectivity index (χ1) is 14.3. The zero-order valence-corrected chi connectivity index (χ0v) is 22.6. The van der Waals surface area contributed by atoms with E-state index in [9.17, 15) is 5.11 Å². The van der Waals surface area contributed by atoms with E-state index in [0.717, 1.165) is 18.3 Å². The highest BCUT2D eigenvalue weighted by Crippen LogP contribution is 2.66. The second-order valence-corrected chi connectivity index (χ2v) is 18.3. The molecular weight excluding hydrogens is 396 g/mol. The summed E-state index contributed by atoms with van der Waals surface area (Å²) in [7, 11) is -1.72. The molecule has 0 aromatic heterocycles. The molecule has 4 aliphatic rings. The molecule has 1 unspecified atom stereocenters. The van der Waals surface area contributed by atoms with E-state index < -0.39 is 8.32 Å². The smallest absolute Gasteiger partial charge is 0.192 e. The molecule has 0 aromatic carbocycles. The molecule has 0 aliphatic heterocycles. The fourth-order valence-electron chi connectivity index (χ4n) is 7.77. The van der Waals surface area contributed by atoms with Crippen molar-refractivity contribution in [2.45, 2.75) is 111 Å². The summed E-state index contributed by atoms with van der Waals surface area (Å²) in [5, 5.41) is 10.1. The van der Waals surface area contributed by atoms with Crippen molar-refractivity contribution in [1.29, 1.82) is 0 Å². The Bertz CT molecular complexity index is 759. The lowest BCUT2D eigenvalue weighted by Crippen LogP contribution is -2.49. The van der Waals surface area contributed by atoms with Gasteiger partial charge >= 0.3 is 0 Å². The van der Waals surface area contributed by atoms with Gasteiger partial charge in [-0.05, 0) is 97.6 Å². The SMILES string of the molecule is C[C@H](CO)[C@H]1CC[C@H]2C3=CC=C4C[C@@H](O[Si](C)(C)C(C)(C)C)CC[C@]4(C)C3CC[C@]12C. The molecule has 1 N–H and O–H groups in total. The lowest BCUT2D eigenvalue weighted by molar-refractivity contribution is 0.0261. The largest absolute Gasteiger partial charge is 0.414 e. The van der Waals surface area contributed by atoms with E-state index in [1.165, 1.54) is 38.5 Å². The van der Waals surface area contributed by atoms with Gasteiger partial charge in [0.15, 0.2) is 8.32 Å². The summed E-state index contributed by atoms with van der Waals surface area (Å²) < 4.78 is 6.87. The molecule has 0 saturated heterocycles. The van der Waals surface area contributed by atoms with Crippen LogP contribution in [0.15, 0.2) is 23.3 Å². The molecule has 4 rings (SSSR count). The van der Waals surface area contributed by atoms with Crippen LogP contribution in [0.5, 0.6) is 0 Å². The normalized spacial score (nSPS) is 41.6. The Kier molecular flexibility index (Phi) is 6.01. The molecule has 0 radical (unpaired) electrons. The molecule has 0 aromatic rings. The molecule has 31 heavy (non-hydrogen) atoms. The summed E-state index contributed by atoms with van der Waals surface area (Å²) in [5.74, 6) is 2.56. The van der Waals surface area contributed by atoms with Gasteiger partial charge in [0.05, 0.1) is 0 Å². The van der Waals surface area contributed by atoms with Gasteiger partial charge in [-0.1, -0.05) is 64.8 Å². The third-order valence-corrected chi connectivity index (χ3v) is 15.4. The topological polar surface area (TPSA) is 29.5 Å². The van der Waals surface area contributed by atoms with Crippen molar-refractivity contribution in [3.63, 3.8) is 0 Å². The first-order valence-electron chi connectivity index (χ1n) is 13.0. The van der Waals surface area contributed by atoms with E-state index in [4.69, 9.17) is 4.43 Å². The number of rotatable bonds is 4. The highest BCUT2D eigenvalue weighted by molar-refractivity contribution is 6.74. The fraction of sp³-hybridized carbons (Fsp3) is 0.857. The van der Waals surface area contributed by atoms with Crippen molar-refractivity contribution in [2.75, 3.05) is 6.61 Å². The van der Waals surface area contributed by atoms with Gasteiger partial charge in [-0.15, -0.1) is 0 Å². The average molecular weight is 445 g/mol. The molecule has 3 fully saturated rings. The third-order valence-electron chi connectivity index (χ3n) is 10.8. The summed E-state index contributed by atoms with van der Waals surface area (Å²) in [6.45, 7) is 19.6. The second-order valence-electron chi connectivity index (χ2n) is 13.5. The summed E-state index contributed by atoms with van der Waals surface area (Å²) in [5.41, 5.74) is 4.14. The Hall–Kier alpha value is -0.383. The van der Waals surface area contributed by atoms with Crippen LogP contribution in [0, 0.1) is 34.5 Å².